The maximum atomic E-state index is 12.5. The number of hydrogen-bond acceptors (Lipinski definition) is 6. The van der Waals surface area contributed by atoms with Crippen LogP contribution in [0.1, 0.15) is 21.5 Å². The van der Waals surface area contributed by atoms with Gasteiger partial charge in [0.1, 0.15) is 11.5 Å². The molecule has 1 unspecified atom stereocenters. The monoisotopic (exact) mass is 438 g/mol. The van der Waals surface area contributed by atoms with Gasteiger partial charge >= 0.3 is 0 Å². The van der Waals surface area contributed by atoms with E-state index >= 15 is 0 Å². The smallest absolute Gasteiger partial charge is 0.276 e. The molecule has 1 atom stereocenters. The molecule has 2 aromatic rings. The van der Waals surface area contributed by atoms with Crippen molar-refractivity contribution in [1.29, 1.82) is 0 Å². The highest BCUT2D eigenvalue weighted by molar-refractivity contribution is 8.14. The highest BCUT2D eigenvalue weighted by atomic mass is 35.5. The molecule has 0 saturated carbocycles. The van der Waals surface area contributed by atoms with Gasteiger partial charge in [-0.25, -0.2) is 0 Å². The van der Waals surface area contributed by atoms with Crippen molar-refractivity contribution < 1.29 is 24.2 Å². The van der Waals surface area contributed by atoms with Gasteiger partial charge in [-0.05, 0) is 36.2 Å². The van der Waals surface area contributed by atoms with E-state index in [2.05, 4.69) is 5.32 Å². The normalized spacial score (nSPS) is 11.6. The van der Waals surface area contributed by atoms with Gasteiger partial charge in [0.25, 0.3) is 11.1 Å². The van der Waals surface area contributed by atoms with Crippen LogP contribution in [0.3, 0.4) is 0 Å². The molecular formula is C20H23ClN2O5S. The van der Waals surface area contributed by atoms with Crippen LogP contribution in [-0.4, -0.2) is 42.3 Å². The number of halogens is 1. The van der Waals surface area contributed by atoms with E-state index < -0.39 is 5.24 Å². The summed E-state index contributed by atoms with van der Waals surface area (Å²) in [6, 6.07) is 10.3. The number of methoxy groups -OCH3 is 2. The molecule has 2 aromatic carbocycles. The molecule has 2 amide bonds. The lowest BCUT2D eigenvalue weighted by molar-refractivity contribution is 0.0950. The van der Waals surface area contributed by atoms with E-state index in [0.717, 1.165) is 22.9 Å². The third kappa shape index (κ3) is 6.56. The van der Waals surface area contributed by atoms with E-state index in [0.29, 0.717) is 23.5 Å². The molecule has 0 spiro atoms. The van der Waals surface area contributed by atoms with E-state index in [9.17, 15) is 14.7 Å². The molecule has 0 bridgehead atoms. The molecule has 7 nitrogen and oxygen atoms in total. The number of ether oxygens (including phenoxy) is 2. The van der Waals surface area contributed by atoms with Crippen molar-refractivity contribution in [1.82, 2.24) is 5.32 Å². The zero-order valence-corrected chi connectivity index (χ0v) is 17.7. The number of carbonyl (C=O) groups is 2. The molecule has 4 N–H and O–H groups in total. The fraction of sp³-hybridized carbons (Fsp3) is 0.300. The van der Waals surface area contributed by atoms with Crippen molar-refractivity contribution in [2.24, 2.45) is 5.73 Å². The first-order chi connectivity index (χ1) is 13.9. The largest absolute Gasteiger partial charge is 0.497 e. The molecular weight excluding hydrogens is 416 g/mol. The summed E-state index contributed by atoms with van der Waals surface area (Å²) in [5.74, 6) is 0.841. The summed E-state index contributed by atoms with van der Waals surface area (Å²) < 4.78 is 10.5. The number of nitrogens with one attached hydrogen (secondary N) is 1. The highest BCUT2D eigenvalue weighted by Crippen LogP contribution is 2.25. The summed E-state index contributed by atoms with van der Waals surface area (Å²) in [6.45, 7) is 0.0344. The van der Waals surface area contributed by atoms with Crippen molar-refractivity contribution in [2.45, 2.75) is 18.2 Å². The number of aliphatic hydroxyl groups is 1. The van der Waals surface area contributed by atoms with Gasteiger partial charge in [-0.3, -0.25) is 9.59 Å². The molecule has 0 aliphatic rings. The minimum atomic E-state index is -0.540. The summed E-state index contributed by atoms with van der Waals surface area (Å²) in [5, 5.41) is 11.7. The Labute approximate surface area is 178 Å². The van der Waals surface area contributed by atoms with Crippen LogP contribution in [0.4, 0.5) is 4.79 Å². The standard InChI is InChI=1S/C20H23ClN2O5S/c1-27-14-4-5-16(17(21)9-14)19(25)23-10-13-7-12(3-6-18(13)28-2)8-15(11-24)29-20(22)26/h3-7,9,15,24H,8,10-11H2,1-2H3,(H2,22,26)(H,23,25). The Morgan fingerprint density at radius 3 is 2.55 bits per heavy atom. The van der Waals surface area contributed by atoms with Gasteiger partial charge in [0.05, 0.1) is 31.4 Å². The van der Waals surface area contributed by atoms with Crippen molar-refractivity contribution >= 4 is 34.5 Å². The molecule has 0 aromatic heterocycles. The van der Waals surface area contributed by atoms with Crippen molar-refractivity contribution in [3.63, 3.8) is 0 Å². The Balaban J connectivity index is 2.12. The lowest BCUT2D eigenvalue weighted by atomic mass is 10.0. The zero-order chi connectivity index (χ0) is 21.4. The first kappa shape index (κ1) is 22.9. The summed E-state index contributed by atoms with van der Waals surface area (Å²) in [5.41, 5.74) is 7.16. The predicted molar refractivity (Wildman–Crippen MR) is 114 cm³/mol. The molecule has 29 heavy (non-hydrogen) atoms. The summed E-state index contributed by atoms with van der Waals surface area (Å²) in [7, 11) is 3.06. The Morgan fingerprint density at radius 2 is 1.97 bits per heavy atom. The van der Waals surface area contributed by atoms with Gasteiger partial charge < -0.3 is 25.6 Å². The third-order valence-electron chi connectivity index (χ3n) is 4.15. The molecule has 0 aliphatic heterocycles. The first-order valence-corrected chi connectivity index (χ1v) is 9.98. The number of benzene rings is 2. The van der Waals surface area contributed by atoms with Crippen molar-refractivity contribution in [3.05, 3.63) is 58.1 Å². The number of aliphatic hydroxyl groups excluding tert-OH is 1. The number of hydrogen-bond donors (Lipinski definition) is 3. The SMILES string of the molecule is COc1ccc(C(=O)NCc2cc(CC(CO)SC(N)=O)ccc2OC)c(Cl)c1. The first-order valence-electron chi connectivity index (χ1n) is 8.72. The van der Waals surface area contributed by atoms with Crippen LogP contribution in [0.15, 0.2) is 36.4 Å². The molecule has 0 fully saturated rings. The van der Waals surface area contributed by atoms with Crippen LogP contribution in [0.5, 0.6) is 11.5 Å². The Hall–Kier alpha value is -2.42. The Bertz CT molecular complexity index is 878. The van der Waals surface area contributed by atoms with Crippen LogP contribution in [0.25, 0.3) is 0 Å². The second-order valence-corrected chi connectivity index (χ2v) is 7.83. The van der Waals surface area contributed by atoms with Crippen LogP contribution in [0.2, 0.25) is 5.02 Å². The van der Waals surface area contributed by atoms with Crippen molar-refractivity contribution in [2.75, 3.05) is 20.8 Å². The van der Waals surface area contributed by atoms with Crippen LogP contribution >= 0.6 is 23.4 Å². The maximum Gasteiger partial charge on any atom is 0.276 e. The topological polar surface area (TPSA) is 111 Å². The van der Waals surface area contributed by atoms with Crippen molar-refractivity contribution in [3.8, 4) is 11.5 Å². The molecule has 156 valence electrons. The summed E-state index contributed by atoms with van der Waals surface area (Å²) in [4.78, 5) is 23.6. The van der Waals surface area contributed by atoms with E-state index in [4.69, 9.17) is 26.8 Å². The summed E-state index contributed by atoms with van der Waals surface area (Å²) in [6.07, 6.45) is 0.444. The maximum absolute atomic E-state index is 12.5. The quantitative estimate of drug-likeness (QED) is 0.555. The zero-order valence-electron chi connectivity index (χ0n) is 16.1. The van der Waals surface area contributed by atoms with Gasteiger partial charge in [-0.1, -0.05) is 35.5 Å². The fourth-order valence-corrected chi connectivity index (χ4v) is 3.68. The molecule has 0 aliphatic carbocycles. The highest BCUT2D eigenvalue weighted by Gasteiger charge is 2.15. The number of rotatable bonds is 9. The van der Waals surface area contributed by atoms with Gasteiger partial charge in [-0.15, -0.1) is 0 Å². The number of carbonyl (C=O) groups excluding carboxylic acids is 2. The number of thioether (sulfide) groups is 1. The minimum absolute atomic E-state index is 0.179. The van der Waals surface area contributed by atoms with E-state index in [1.54, 1.807) is 31.4 Å². The second kappa shape index (κ2) is 10.9. The van der Waals surface area contributed by atoms with Gasteiger partial charge in [-0.2, -0.15) is 0 Å². The van der Waals surface area contributed by atoms with E-state index in [1.165, 1.54) is 7.11 Å². The molecule has 0 radical (unpaired) electrons. The van der Waals surface area contributed by atoms with E-state index in [1.807, 2.05) is 12.1 Å². The fourth-order valence-electron chi connectivity index (χ4n) is 2.75. The Kier molecular flexibility index (Phi) is 8.63. The van der Waals surface area contributed by atoms with Crippen LogP contribution in [0, 0.1) is 0 Å². The average Bonchev–Trinajstić information content (AvgIpc) is 2.71. The van der Waals surface area contributed by atoms with Crippen LogP contribution in [-0.2, 0) is 13.0 Å². The second-order valence-electron chi connectivity index (χ2n) is 6.12. The predicted octanol–water partition coefficient (Wildman–Crippen LogP) is 3.00. The van der Waals surface area contributed by atoms with E-state index in [-0.39, 0.29) is 29.3 Å². The molecule has 2 rings (SSSR count). The third-order valence-corrected chi connectivity index (χ3v) is 5.35. The summed E-state index contributed by atoms with van der Waals surface area (Å²) >= 11 is 7.05. The lowest BCUT2D eigenvalue weighted by Gasteiger charge is -2.15. The Morgan fingerprint density at radius 1 is 1.21 bits per heavy atom. The van der Waals surface area contributed by atoms with Gasteiger partial charge in [0, 0.05) is 17.4 Å². The van der Waals surface area contributed by atoms with Gasteiger partial charge in [0.15, 0.2) is 0 Å². The van der Waals surface area contributed by atoms with Gasteiger partial charge in [0.2, 0.25) is 0 Å². The minimum Gasteiger partial charge on any atom is -0.497 e. The van der Waals surface area contributed by atoms with Crippen LogP contribution < -0.4 is 20.5 Å². The number of nitrogens with two attached hydrogens (primary N) is 1. The number of amides is 2. The average molecular weight is 439 g/mol. The number of primary amides is 1. The molecule has 0 heterocycles. The lowest BCUT2D eigenvalue weighted by Crippen LogP contribution is -2.23. The molecule has 9 heteroatoms. The molecule has 0 saturated heterocycles.